The van der Waals surface area contributed by atoms with E-state index in [0.717, 1.165) is 148 Å². The Morgan fingerprint density at radius 3 is 1.43 bits per heavy atom. The van der Waals surface area contributed by atoms with Gasteiger partial charge in [-0.1, -0.05) is 41.4 Å². The second-order valence-electron chi connectivity index (χ2n) is 26.5. The van der Waals surface area contributed by atoms with Crippen LogP contribution in [0.15, 0.2) is 97.3 Å². The smallest absolute Gasteiger partial charge is 0.129 e. The van der Waals surface area contributed by atoms with E-state index < -0.39 is 0 Å². The molecule has 89 heavy (non-hydrogen) atoms. The fourth-order valence-corrected chi connectivity index (χ4v) is 16.0. The Labute approximate surface area is 543 Å². The third-order valence-electron chi connectivity index (χ3n) is 19.7. The summed E-state index contributed by atoms with van der Waals surface area (Å²) in [5, 5.41) is 25.4. The van der Waals surface area contributed by atoms with Crippen LogP contribution in [-0.2, 0) is 19.0 Å². The van der Waals surface area contributed by atoms with Gasteiger partial charge in [0, 0.05) is 223 Å². The first-order valence-corrected chi connectivity index (χ1v) is 32.7. The zero-order valence-electron chi connectivity index (χ0n) is 54.5. The average molecular weight is 1260 g/mol. The van der Waals surface area contributed by atoms with E-state index in [4.69, 9.17) is 42.5 Å². The Bertz CT molecular complexity index is 3870. The summed E-state index contributed by atoms with van der Waals surface area (Å²) in [7, 11) is 4.39. The van der Waals surface area contributed by atoms with Gasteiger partial charge in [0.05, 0.1) is 24.9 Å². The normalized spacial score (nSPS) is 23.5. The molecule has 2 aromatic carbocycles. The Kier molecular flexibility index (Phi) is 18.2. The predicted molar refractivity (Wildman–Crippen MR) is 359 cm³/mol. The topological polar surface area (TPSA) is 153 Å². The summed E-state index contributed by atoms with van der Waals surface area (Å²) in [6.45, 7) is 32.4. The van der Waals surface area contributed by atoms with E-state index in [2.05, 4.69) is 141 Å². The first-order chi connectivity index (χ1) is 43.8. The van der Waals surface area contributed by atoms with Crippen LogP contribution in [0.2, 0.25) is 10.3 Å². The quantitative estimate of drug-likeness (QED) is 0.114. The second-order valence-corrected chi connectivity index (χ2v) is 27.6. The molecule has 7 aromatic rings. The van der Waals surface area contributed by atoms with E-state index in [1.165, 1.54) is 50.4 Å². The van der Waals surface area contributed by atoms with Crippen molar-refractivity contribution in [2.45, 2.75) is 77.8 Å². The number of piperazine rings is 4. The van der Waals surface area contributed by atoms with Gasteiger partial charge in [0.1, 0.15) is 28.3 Å². The lowest BCUT2D eigenvalue weighted by atomic mass is 9.73. The number of fused-ring (bicyclic) bond motifs is 4. The molecule has 4 atom stereocenters. The summed E-state index contributed by atoms with van der Waals surface area (Å²) >= 11 is 17.3. The van der Waals surface area contributed by atoms with Gasteiger partial charge in [-0.3, -0.25) is 29.6 Å². The van der Waals surface area contributed by atoms with Crippen molar-refractivity contribution in [3.63, 3.8) is 0 Å². The van der Waals surface area contributed by atoms with Gasteiger partial charge < -0.3 is 29.8 Å². The number of pyridine rings is 5. The average Bonchev–Trinajstić information content (AvgIpc) is 0.780. The van der Waals surface area contributed by atoms with Crippen molar-refractivity contribution >= 4 is 73.8 Å². The second kappa shape index (κ2) is 26.9. The van der Waals surface area contributed by atoms with Crippen LogP contribution in [0.5, 0.6) is 0 Å². The summed E-state index contributed by atoms with van der Waals surface area (Å²) in [5.74, 6) is 1.63. The van der Waals surface area contributed by atoms with Gasteiger partial charge in [-0.15, -0.1) is 11.6 Å². The molecule has 0 aliphatic carbocycles. The minimum absolute atomic E-state index is 0.184. The molecule has 2 spiro atoms. The lowest BCUT2D eigenvalue weighted by molar-refractivity contribution is -0.0218. The third kappa shape index (κ3) is 13.7. The molecule has 0 amide bonds. The molecule has 0 radical (unpaired) electrons. The highest BCUT2D eigenvalue weighted by molar-refractivity contribution is 6.29. The summed E-state index contributed by atoms with van der Waals surface area (Å²) in [6.07, 6.45) is 0.379. The van der Waals surface area contributed by atoms with E-state index in [9.17, 15) is 10.5 Å². The van der Waals surface area contributed by atoms with Crippen LogP contribution in [0.3, 0.4) is 0 Å². The van der Waals surface area contributed by atoms with Crippen molar-refractivity contribution < 1.29 is 2.74 Å². The van der Waals surface area contributed by atoms with E-state index >= 15 is 0 Å². The molecular weight excluding hydrogens is 1170 g/mol. The molecule has 13 heterocycles. The monoisotopic (exact) mass is 1260 g/mol. The van der Waals surface area contributed by atoms with Gasteiger partial charge in [-0.05, 0) is 132 Å². The molecule has 0 bridgehead atoms. The number of anilines is 3. The van der Waals surface area contributed by atoms with E-state index in [-0.39, 0.29) is 12.3 Å². The molecule has 5 aromatic heterocycles. The van der Waals surface area contributed by atoms with Crippen molar-refractivity contribution in [3.8, 4) is 12.1 Å². The minimum atomic E-state index is 0.184. The van der Waals surface area contributed by atoms with Gasteiger partial charge in [0.25, 0.3) is 0 Å². The number of nitrogens with one attached hydrogen (secondary N) is 1. The van der Waals surface area contributed by atoms with Crippen LogP contribution in [0.4, 0.5) is 17.2 Å². The first-order valence-electron chi connectivity index (χ1n) is 32.4. The number of nitriles is 2. The molecule has 8 aliphatic heterocycles. The molecule has 20 heteroatoms. The standard InChI is InChI=1S/C31H38N8.C25H27ClN6.C7H7Cl2N.C6H12N2/c1-22-14-37(28-8-6-24(13-32)30-27(28)5-4-10-33-30)17-26-16-36(11-12-39(22)26)15-25-7-9-29(34-23(25)2)38-20-31(21-38)18-35(3)19-31;1-17-13-31(23-7-5-19(12-27)25-22(23)4-3-9-28-25)16-21-15-30(10-11-32(17)21)14-20-6-8-24(26)29-18(20)2;1-5-6(4-8)2-3-7(9)10-5;1-8-4-6(5-8)2-7-3-6/h4-10,22,26H,11-12,14-21H2,1-3H3;3-9,17,21H,10-11,13-16H2,1-2H3;2-3H,4H2,1H3;7H,2-5H2,1H3/t22-,26+;17-,21+;;/m11../s1/i10D;9D;;. The zero-order valence-corrected chi connectivity index (χ0v) is 54.8. The van der Waals surface area contributed by atoms with Gasteiger partial charge in [-0.25, -0.2) is 15.0 Å². The van der Waals surface area contributed by atoms with Crippen LogP contribution in [0, 0.1) is 54.3 Å². The van der Waals surface area contributed by atoms with Crippen LogP contribution in [-0.4, -0.2) is 210 Å². The molecule has 8 saturated heterocycles. The number of nitrogens with zero attached hydrogens (tertiary/aromatic N) is 16. The first kappa shape index (κ1) is 60.3. The van der Waals surface area contributed by atoms with Crippen molar-refractivity contribution in [1.29, 1.82) is 10.5 Å². The Hall–Kier alpha value is -6.32. The number of halogens is 3. The van der Waals surface area contributed by atoms with Gasteiger partial charge >= 0.3 is 0 Å². The highest BCUT2D eigenvalue weighted by Gasteiger charge is 2.51. The maximum atomic E-state index is 9.61. The highest BCUT2D eigenvalue weighted by Crippen LogP contribution is 2.41. The van der Waals surface area contributed by atoms with Crippen LogP contribution in [0.25, 0.3) is 21.8 Å². The number of likely N-dealkylation sites (tertiary alicyclic amines) is 2. The summed E-state index contributed by atoms with van der Waals surface area (Å²) in [6, 6.07) is 33.4. The lowest BCUT2D eigenvalue weighted by Gasteiger charge is -2.60. The number of alkyl halides is 1. The number of hydrogen-bond donors (Lipinski definition) is 1. The van der Waals surface area contributed by atoms with Gasteiger partial charge in [0.2, 0.25) is 0 Å². The lowest BCUT2D eigenvalue weighted by Crippen LogP contribution is -2.71. The fraction of sp³-hybridized carbons (Fsp3) is 0.493. The molecule has 8 aliphatic rings. The summed E-state index contributed by atoms with van der Waals surface area (Å²) in [5.41, 5.74) is 12.4. The Balaban J connectivity index is 0.000000139. The molecule has 1 N–H and O–H groups in total. The van der Waals surface area contributed by atoms with Gasteiger partial charge in [0.15, 0.2) is 0 Å². The Morgan fingerprint density at radius 2 is 1.01 bits per heavy atom. The van der Waals surface area contributed by atoms with Crippen molar-refractivity contribution in [2.75, 3.05) is 147 Å². The van der Waals surface area contributed by atoms with Crippen LogP contribution >= 0.6 is 34.8 Å². The molecule has 466 valence electrons. The van der Waals surface area contributed by atoms with Gasteiger partial charge in [-0.2, -0.15) is 10.5 Å². The van der Waals surface area contributed by atoms with E-state index in [1.54, 1.807) is 18.2 Å². The molecule has 0 saturated carbocycles. The zero-order chi connectivity index (χ0) is 63.9. The van der Waals surface area contributed by atoms with Crippen molar-refractivity contribution in [3.05, 3.63) is 152 Å². The van der Waals surface area contributed by atoms with Crippen LogP contribution in [0.1, 0.15) is 61.5 Å². The SMILES string of the molecule is CN1CC2(CNC2)C1.Cc1nc(Cl)ccc1CCl.[2H]c1ccc2c(N3C[C@@H]4CN(Cc5ccc(Cl)nc5C)CCN4[C@H](C)C3)ccc(C#N)c2n1.[2H]c1ccc2c(N3C[C@@H]4CN(Cc5ccc(N6CC7(CN(C)C7)C6)nc5C)CCN4[C@H](C)C3)ccc(C#N)c2n1. The van der Waals surface area contributed by atoms with Crippen molar-refractivity contribution in [2.24, 2.45) is 10.8 Å². The largest absolute Gasteiger partial charge is 0.368 e. The summed E-state index contributed by atoms with van der Waals surface area (Å²) < 4.78 is 15.9. The molecule has 17 nitrogen and oxygen atoms in total. The molecular formula is C69H84Cl3N17. The number of aromatic nitrogens is 5. The Morgan fingerprint density at radius 1 is 0.551 bits per heavy atom. The van der Waals surface area contributed by atoms with Crippen LogP contribution < -0.4 is 20.0 Å². The predicted octanol–water partition coefficient (Wildman–Crippen LogP) is 9.12. The van der Waals surface area contributed by atoms with Crippen molar-refractivity contribution in [1.82, 2.24) is 59.6 Å². The third-order valence-corrected chi connectivity index (χ3v) is 20.4. The molecule has 15 rings (SSSR count). The number of hydrogen-bond acceptors (Lipinski definition) is 17. The highest BCUT2D eigenvalue weighted by atomic mass is 35.5. The minimum Gasteiger partial charge on any atom is -0.368 e. The fourth-order valence-electron chi connectivity index (χ4n) is 15.3. The molecule has 8 fully saturated rings. The number of aryl methyl sites for hydroxylation is 3. The molecule has 0 unspecified atom stereocenters. The van der Waals surface area contributed by atoms with E-state index in [1.807, 2.05) is 56.3 Å². The maximum Gasteiger partial charge on any atom is 0.129 e. The number of benzene rings is 2. The van der Waals surface area contributed by atoms with E-state index in [0.29, 0.717) is 67.9 Å². The maximum absolute atomic E-state index is 9.61. The number of rotatable bonds is 8. The summed E-state index contributed by atoms with van der Waals surface area (Å²) in [4.78, 5) is 44.7.